The van der Waals surface area contributed by atoms with E-state index in [-0.39, 0.29) is 11.9 Å². The molecule has 0 radical (unpaired) electrons. The summed E-state index contributed by atoms with van der Waals surface area (Å²) >= 11 is 0. The highest BCUT2D eigenvalue weighted by molar-refractivity contribution is 6.07. The van der Waals surface area contributed by atoms with Gasteiger partial charge in [-0.25, -0.2) is 4.79 Å². The summed E-state index contributed by atoms with van der Waals surface area (Å²) in [7, 11) is 0. The van der Waals surface area contributed by atoms with E-state index in [1.165, 1.54) is 11.3 Å². The lowest BCUT2D eigenvalue weighted by Crippen LogP contribution is -2.48. The van der Waals surface area contributed by atoms with E-state index in [0.29, 0.717) is 6.54 Å². The van der Waals surface area contributed by atoms with Crippen molar-refractivity contribution < 1.29 is 9.59 Å². The molecule has 1 aliphatic carbocycles. The summed E-state index contributed by atoms with van der Waals surface area (Å²) in [6, 6.07) is -0.196. The zero-order valence-electron chi connectivity index (χ0n) is 11.1. The molecule has 1 aliphatic heterocycles. The first-order valence-electron chi connectivity index (χ1n) is 7.04. The fourth-order valence-corrected chi connectivity index (χ4v) is 2.91. The van der Waals surface area contributed by atoms with Crippen molar-refractivity contribution in [2.45, 2.75) is 51.0 Å². The number of amides is 3. The van der Waals surface area contributed by atoms with E-state index >= 15 is 0 Å². The molecule has 5 heteroatoms. The van der Waals surface area contributed by atoms with Gasteiger partial charge < -0.3 is 10.6 Å². The Morgan fingerprint density at radius 1 is 1.28 bits per heavy atom. The third kappa shape index (κ3) is 2.51. The summed E-state index contributed by atoms with van der Waals surface area (Å²) < 4.78 is 0. The van der Waals surface area contributed by atoms with E-state index in [9.17, 15) is 9.59 Å². The van der Waals surface area contributed by atoms with Crippen molar-refractivity contribution in [3.8, 4) is 0 Å². The molecule has 0 bridgehead atoms. The molecule has 2 rings (SSSR count). The lowest BCUT2D eigenvalue weighted by molar-refractivity contribution is -0.132. The Morgan fingerprint density at radius 2 is 2.00 bits per heavy atom. The molecule has 1 spiro atoms. The molecule has 2 aliphatic rings. The van der Waals surface area contributed by atoms with Gasteiger partial charge in [-0.1, -0.05) is 26.2 Å². The quantitative estimate of drug-likeness (QED) is 0.572. The van der Waals surface area contributed by atoms with Crippen LogP contribution in [0.25, 0.3) is 0 Å². The first-order valence-corrected chi connectivity index (χ1v) is 7.04. The first-order chi connectivity index (χ1) is 8.69. The van der Waals surface area contributed by atoms with Crippen molar-refractivity contribution >= 4 is 11.9 Å². The average molecular weight is 253 g/mol. The molecule has 1 saturated heterocycles. The van der Waals surface area contributed by atoms with E-state index < -0.39 is 5.54 Å². The van der Waals surface area contributed by atoms with E-state index in [0.717, 1.165) is 45.2 Å². The maximum atomic E-state index is 12.4. The van der Waals surface area contributed by atoms with Crippen LogP contribution in [-0.4, -0.2) is 42.0 Å². The minimum Gasteiger partial charge on any atom is -0.323 e. The molecule has 1 heterocycles. The lowest BCUT2D eigenvalue weighted by Gasteiger charge is -2.30. The summed E-state index contributed by atoms with van der Waals surface area (Å²) in [4.78, 5) is 25.7. The Hall–Kier alpha value is -1.10. The number of imide groups is 1. The van der Waals surface area contributed by atoms with Crippen molar-refractivity contribution in [1.82, 2.24) is 15.5 Å². The summed E-state index contributed by atoms with van der Waals surface area (Å²) in [5.41, 5.74) is -0.562. The van der Waals surface area contributed by atoms with Crippen molar-refractivity contribution in [1.29, 1.82) is 0 Å². The van der Waals surface area contributed by atoms with Gasteiger partial charge >= 0.3 is 6.03 Å². The maximum absolute atomic E-state index is 12.4. The molecule has 2 fully saturated rings. The molecule has 3 amide bonds. The fourth-order valence-electron chi connectivity index (χ4n) is 2.91. The highest BCUT2D eigenvalue weighted by Gasteiger charge is 2.50. The third-order valence-corrected chi connectivity index (χ3v) is 3.94. The Bertz CT molecular complexity index is 324. The molecule has 0 atom stereocenters. The smallest absolute Gasteiger partial charge is 0.323 e. The van der Waals surface area contributed by atoms with Gasteiger partial charge in [0.2, 0.25) is 0 Å². The summed E-state index contributed by atoms with van der Waals surface area (Å²) in [5.74, 6) is 0.00342. The molecule has 102 valence electrons. The van der Waals surface area contributed by atoms with Crippen LogP contribution in [0.3, 0.4) is 0 Å². The molecular formula is C13H23N3O2. The molecule has 1 saturated carbocycles. The second-order valence-electron chi connectivity index (χ2n) is 5.24. The standard InChI is InChI=1S/C13H23N3O2/c1-2-14-9-6-10-16-11(17)13(15-12(16)18)7-4-3-5-8-13/h14H,2-10H2,1H3,(H,15,18). The highest BCUT2D eigenvalue weighted by Crippen LogP contribution is 2.33. The number of nitrogens with zero attached hydrogens (tertiary/aromatic N) is 1. The normalized spacial score (nSPS) is 22.6. The van der Waals surface area contributed by atoms with Crippen LogP contribution < -0.4 is 10.6 Å². The zero-order valence-corrected chi connectivity index (χ0v) is 11.1. The van der Waals surface area contributed by atoms with Crippen LogP contribution in [0, 0.1) is 0 Å². The van der Waals surface area contributed by atoms with Crippen LogP contribution >= 0.6 is 0 Å². The van der Waals surface area contributed by atoms with Gasteiger partial charge in [0, 0.05) is 6.54 Å². The Morgan fingerprint density at radius 3 is 2.67 bits per heavy atom. The molecule has 0 aromatic heterocycles. The largest absolute Gasteiger partial charge is 0.325 e. The minimum absolute atomic E-state index is 0.00342. The summed E-state index contributed by atoms with van der Waals surface area (Å²) in [6.45, 7) is 4.34. The fraction of sp³-hybridized carbons (Fsp3) is 0.846. The molecular weight excluding hydrogens is 230 g/mol. The monoisotopic (exact) mass is 253 g/mol. The topological polar surface area (TPSA) is 61.4 Å². The van der Waals surface area contributed by atoms with Crippen molar-refractivity contribution in [3.63, 3.8) is 0 Å². The van der Waals surface area contributed by atoms with Crippen LogP contribution in [0.2, 0.25) is 0 Å². The van der Waals surface area contributed by atoms with Crippen LogP contribution in [-0.2, 0) is 4.79 Å². The third-order valence-electron chi connectivity index (χ3n) is 3.94. The summed E-state index contributed by atoms with van der Waals surface area (Å²) in [6.07, 6.45) is 5.69. The average Bonchev–Trinajstić information content (AvgIpc) is 2.59. The van der Waals surface area contributed by atoms with E-state index in [2.05, 4.69) is 10.6 Å². The summed E-state index contributed by atoms with van der Waals surface area (Å²) in [5, 5.41) is 6.13. The Labute approximate surface area is 108 Å². The number of carbonyl (C=O) groups excluding carboxylic acids is 2. The van der Waals surface area contributed by atoms with Gasteiger partial charge in [-0.15, -0.1) is 0 Å². The van der Waals surface area contributed by atoms with E-state index in [4.69, 9.17) is 0 Å². The molecule has 0 unspecified atom stereocenters. The molecule has 0 aromatic rings. The maximum Gasteiger partial charge on any atom is 0.325 e. The number of hydrogen-bond acceptors (Lipinski definition) is 3. The SMILES string of the molecule is CCNCCCN1C(=O)NC2(CCCCC2)C1=O. The highest BCUT2D eigenvalue weighted by atomic mass is 16.2. The van der Waals surface area contributed by atoms with Crippen LogP contribution in [0.4, 0.5) is 4.79 Å². The first kappa shape index (κ1) is 13.3. The zero-order chi connectivity index (χ0) is 13.0. The number of hydrogen-bond donors (Lipinski definition) is 2. The van der Waals surface area contributed by atoms with Gasteiger partial charge in [0.05, 0.1) is 0 Å². The van der Waals surface area contributed by atoms with Crippen LogP contribution in [0.1, 0.15) is 45.4 Å². The number of carbonyl (C=O) groups is 2. The number of nitrogens with one attached hydrogen (secondary N) is 2. The minimum atomic E-state index is -0.562. The lowest BCUT2D eigenvalue weighted by atomic mass is 9.82. The van der Waals surface area contributed by atoms with Gasteiger partial charge in [0.25, 0.3) is 5.91 Å². The van der Waals surface area contributed by atoms with Gasteiger partial charge in [0.1, 0.15) is 5.54 Å². The van der Waals surface area contributed by atoms with Crippen molar-refractivity contribution in [2.24, 2.45) is 0 Å². The Balaban J connectivity index is 1.92. The predicted octanol–water partition coefficient (Wildman–Crippen LogP) is 1.24. The van der Waals surface area contributed by atoms with E-state index in [1.807, 2.05) is 6.92 Å². The molecule has 5 nitrogen and oxygen atoms in total. The van der Waals surface area contributed by atoms with Crippen LogP contribution in [0.5, 0.6) is 0 Å². The second-order valence-corrected chi connectivity index (χ2v) is 5.24. The van der Waals surface area contributed by atoms with Gasteiger partial charge in [0.15, 0.2) is 0 Å². The second kappa shape index (κ2) is 5.69. The molecule has 0 aromatic carbocycles. The van der Waals surface area contributed by atoms with Crippen molar-refractivity contribution in [3.05, 3.63) is 0 Å². The van der Waals surface area contributed by atoms with E-state index in [1.54, 1.807) is 0 Å². The van der Waals surface area contributed by atoms with Crippen molar-refractivity contribution in [2.75, 3.05) is 19.6 Å². The predicted molar refractivity (Wildman–Crippen MR) is 69.2 cm³/mol. The van der Waals surface area contributed by atoms with Crippen LogP contribution in [0.15, 0.2) is 0 Å². The number of rotatable bonds is 5. The number of urea groups is 1. The van der Waals surface area contributed by atoms with Gasteiger partial charge in [-0.3, -0.25) is 9.69 Å². The molecule has 2 N–H and O–H groups in total. The van der Waals surface area contributed by atoms with Gasteiger partial charge in [-0.2, -0.15) is 0 Å². The molecule has 18 heavy (non-hydrogen) atoms. The Kier molecular flexibility index (Phi) is 4.22. The van der Waals surface area contributed by atoms with Gasteiger partial charge in [-0.05, 0) is 32.4 Å².